The Balaban J connectivity index is 1.62. The lowest BCUT2D eigenvalue weighted by atomic mass is 10.1. The van der Waals surface area contributed by atoms with Crippen LogP contribution in [-0.2, 0) is 12.4 Å². The molecule has 2 heterocycles. The van der Waals surface area contributed by atoms with Crippen molar-refractivity contribution in [3.8, 4) is 16.9 Å². The molecule has 0 fully saturated rings. The lowest BCUT2D eigenvalue weighted by Crippen LogP contribution is -2.13. The number of carbonyl (C=O) groups is 1. The van der Waals surface area contributed by atoms with Crippen LogP contribution in [0.25, 0.3) is 16.9 Å². The molecule has 0 spiro atoms. The number of para-hydroxylation sites is 1. The summed E-state index contributed by atoms with van der Waals surface area (Å²) in [6, 6.07) is 14.5. The van der Waals surface area contributed by atoms with Gasteiger partial charge in [-0.3, -0.25) is 4.79 Å². The Labute approximate surface area is 199 Å². The summed E-state index contributed by atoms with van der Waals surface area (Å²) in [4.78, 5) is 15.7. The van der Waals surface area contributed by atoms with E-state index in [0.717, 1.165) is 29.1 Å². The first-order valence-electron chi connectivity index (χ1n) is 9.81. The number of halogens is 7. The van der Waals surface area contributed by atoms with Crippen molar-refractivity contribution in [2.75, 3.05) is 5.32 Å². The molecule has 0 aliphatic rings. The zero-order valence-electron chi connectivity index (χ0n) is 17.3. The maximum Gasteiger partial charge on any atom is 0.435 e. The monoisotopic (exact) mass is 510 g/mol. The molecule has 1 N–H and O–H groups in total. The van der Waals surface area contributed by atoms with E-state index >= 15 is 0 Å². The molecule has 0 radical (unpaired) electrons. The van der Waals surface area contributed by atoms with Gasteiger partial charge in [0.2, 0.25) is 0 Å². The summed E-state index contributed by atoms with van der Waals surface area (Å²) in [7, 11) is 0. The highest BCUT2D eigenvalue weighted by Crippen LogP contribution is 2.34. The summed E-state index contributed by atoms with van der Waals surface area (Å²) in [6.45, 7) is 0. The highest BCUT2D eigenvalue weighted by atomic mass is 35.5. The fraction of sp³-hybridized carbons (Fsp3) is 0.0870. The van der Waals surface area contributed by atoms with Crippen LogP contribution in [0, 0.1) is 0 Å². The van der Waals surface area contributed by atoms with Crippen LogP contribution in [0.5, 0.6) is 0 Å². The number of aromatic nitrogens is 3. The lowest BCUT2D eigenvalue weighted by Gasteiger charge is -2.10. The van der Waals surface area contributed by atoms with Crippen molar-refractivity contribution >= 4 is 23.2 Å². The molecule has 12 heteroatoms. The third kappa shape index (κ3) is 5.29. The van der Waals surface area contributed by atoms with Crippen molar-refractivity contribution in [1.82, 2.24) is 14.8 Å². The summed E-state index contributed by atoms with van der Waals surface area (Å²) in [5.41, 5.74) is -1.43. The average molecular weight is 511 g/mol. The number of carbonyl (C=O) groups excluding carboxylic acids is 1. The molecule has 35 heavy (non-hydrogen) atoms. The van der Waals surface area contributed by atoms with E-state index in [1.165, 1.54) is 36.4 Å². The van der Waals surface area contributed by atoms with E-state index in [1.807, 2.05) is 0 Å². The van der Waals surface area contributed by atoms with Gasteiger partial charge in [-0.25, -0.2) is 9.67 Å². The van der Waals surface area contributed by atoms with Gasteiger partial charge in [-0.05, 0) is 42.5 Å². The number of anilines is 1. The predicted octanol–water partition coefficient (Wildman–Crippen LogP) is 6.88. The molecule has 0 saturated heterocycles. The van der Waals surface area contributed by atoms with E-state index in [0.29, 0.717) is 5.56 Å². The predicted molar refractivity (Wildman–Crippen MR) is 116 cm³/mol. The molecule has 0 unspecified atom stereocenters. The number of alkyl halides is 6. The first kappa shape index (κ1) is 24.3. The van der Waals surface area contributed by atoms with Crippen LogP contribution in [0.2, 0.25) is 5.02 Å². The molecule has 0 atom stereocenters. The quantitative estimate of drug-likeness (QED) is 0.305. The summed E-state index contributed by atoms with van der Waals surface area (Å²) in [6.07, 6.45) is -8.44. The van der Waals surface area contributed by atoms with Crippen molar-refractivity contribution in [2.24, 2.45) is 0 Å². The van der Waals surface area contributed by atoms with Gasteiger partial charge < -0.3 is 5.32 Å². The molecule has 4 aromatic rings. The van der Waals surface area contributed by atoms with Crippen LogP contribution in [-0.4, -0.2) is 20.7 Å². The first-order chi connectivity index (χ1) is 16.4. The fourth-order valence-corrected chi connectivity index (χ4v) is 3.38. The van der Waals surface area contributed by atoms with Crippen molar-refractivity contribution < 1.29 is 31.1 Å². The average Bonchev–Trinajstić information content (AvgIpc) is 3.25. The molecule has 0 aliphatic heterocycles. The van der Waals surface area contributed by atoms with Crippen LogP contribution in [0.4, 0.5) is 32.0 Å². The van der Waals surface area contributed by atoms with E-state index < -0.39 is 29.6 Å². The van der Waals surface area contributed by atoms with Gasteiger partial charge in [-0.1, -0.05) is 35.9 Å². The second-order valence-electron chi connectivity index (χ2n) is 7.24. The van der Waals surface area contributed by atoms with E-state index in [2.05, 4.69) is 15.4 Å². The molecular weight excluding hydrogens is 498 g/mol. The highest BCUT2D eigenvalue weighted by molar-refractivity contribution is 6.32. The number of hydrogen-bond acceptors (Lipinski definition) is 3. The number of benzene rings is 2. The van der Waals surface area contributed by atoms with Gasteiger partial charge in [0.15, 0.2) is 5.69 Å². The smallest absolute Gasteiger partial charge is 0.321 e. The number of pyridine rings is 1. The number of nitrogens with zero attached hydrogens (tertiary/aromatic N) is 3. The molecular formula is C23H13ClF6N4O. The first-order valence-corrected chi connectivity index (χ1v) is 10.2. The van der Waals surface area contributed by atoms with E-state index in [9.17, 15) is 31.1 Å². The maximum atomic E-state index is 13.4. The Morgan fingerprint density at radius 1 is 0.857 bits per heavy atom. The minimum Gasteiger partial charge on any atom is -0.321 e. The molecule has 0 aliphatic carbocycles. The van der Waals surface area contributed by atoms with Gasteiger partial charge in [-0.2, -0.15) is 31.4 Å². The highest BCUT2D eigenvalue weighted by Gasteiger charge is 2.35. The van der Waals surface area contributed by atoms with Gasteiger partial charge in [0.1, 0.15) is 5.69 Å². The molecule has 1 amide bonds. The molecule has 0 saturated carbocycles. The Kier molecular flexibility index (Phi) is 6.28. The van der Waals surface area contributed by atoms with Crippen molar-refractivity contribution in [1.29, 1.82) is 0 Å². The van der Waals surface area contributed by atoms with E-state index in [-0.39, 0.29) is 27.7 Å². The summed E-state index contributed by atoms with van der Waals surface area (Å²) < 4.78 is 79.0. The summed E-state index contributed by atoms with van der Waals surface area (Å²) in [5, 5.41) is 6.27. The second-order valence-corrected chi connectivity index (χ2v) is 7.64. The van der Waals surface area contributed by atoms with Crippen LogP contribution >= 0.6 is 11.6 Å². The fourth-order valence-electron chi connectivity index (χ4n) is 3.16. The topological polar surface area (TPSA) is 59.8 Å². The number of nitrogens with one attached hydrogen (secondary N) is 1. The third-order valence-electron chi connectivity index (χ3n) is 4.84. The van der Waals surface area contributed by atoms with E-state index in [4.69, 9.17) is 11.6 Å². The zero-order valence-corrected chi connectivity index (χ0v) is 18.1. The zero-order chi connectivity index (χ0) is 25.4. The van der Waals surface area contributed by atoms with Gasteiger partial charge in [-0.15, -0.1) is 0 Å². The molecule has 5 nitrogen and oxygen atoms in total. The Hall–Kier alpha value is -3.86. The molecule has 2 aromatic heterocycles. The summed E-state index contributed by atoms with van der Waals surface area (Å²) >= 11 is 6.16. The number of rotatable bonds is 4. The van der Waals surface area contributed by atoms with Crippen LogP contribution in [0.15, 0.2) is 72.9 Å². The SMILES string of the molecule is O=C(Nc1ccc(C(F)(F)F)nc1)c1ccc(-c2cc(C(F)(F)F)nn2-c2ccccc2Cl)cc1. The number of amides is 1. The van der Waals surface area contributed by atoms with Crippen LogP contribution < -0.4 is 5.32 Å². The normalized spacial score (nSPS) is 12.0. The van der Waals surface area contributed by atoms with Crippen molar-refractivity contribution in [2.45, 2.75) is 12.4 Å². The van der Waals surface area contributed by atoms with Gasteiger partial charge in [0.05, 0.1) is 28.3 Å². The molecule has 0 bridgehead atoms. The van der Waals surface area contributed by atoms with Crippen LogP contribution in [0.3, 0.4) is 0 Å². The Bertz CT molecular complexity index is 1360. The van der Waals surface area contributed by atoms with Crippen LogP contribution in [0.1, 0.15) is 21.7 Å². The standard InChI is InChI=1S/C23H13ClF6N4O/c24-16-3-1-2-4-17(16)34-18(11-20(33-34)23(28,29)30)13-5-7-14(8-6-13)21(35)32-15-9-10-19(31-12-15)22(25,26)27/h1-12H,(H,32,35). The Morgan fingerprint density at radius 2 is 1.51 bits per heavy atom. The molecule has 2 aromatic carbocycles. The molecule has 180 valence electrons. The van der Waals surface area contributed by atoms with Crippen molar-refractivity contribution in [3.63, 3.8) is 0 Å². The summed E-state index contributed by atoms with van der Waals surface area (Å²) in [5.74, 6) is -0.645. The Morgan fingerprint density at radius 3 is 2.09 bits per heavy atom. The molecule has 4 rings (SSSR count). The van der Waals surface area contributed by atoms with Crippen molar-refractivity contribution in [3.05, 3.63) is 94.9 Å². The van der Waals surface area contributed by atoms with E-state index in [1.54, 1.807) is 12.1 Å². The minimum atomic E-state index is -4.70. The van der Waals surface area contributed by atoms with Gasteiger partial charge in [0.25, 0.3) is 5.91 Å². The minimum absolute atomic E-state index is 0.0405. The number of hydrogen-bond donors (Lipinski definition) is 1. The van der Waals surface area contributed by atoms with Gasteiger partial charge >= 0.3 is 12.4 Å². The maximum absolute atomic E-state index is 13.4. The largest absolute Gasteiger partial charge is 0.435 e. The van der Waals surface area contributed by atoms with Gasteiger partial charge in [0, 0.05) is 11.1 Å². The third-order valence-corrected chi connectivity index (χ3v) is 5.15. The lowest BCUT2D eigenvalue weighted by molar-refractivity contribution is -0.142. The second kappa shape index (κ2) is 9.06.